The SMILES string of the molecule is CC1(C)CNC(=O)c2sc(Nc3ccc(I)cc3Cl)c(C(=O)NCC3CCNCC3)c2C1. The quantitative estimate of drug-likeness (QED) is 0.380. The first kappa shape index (κ1) is 23.8. The second-order valence-electron chi connectivity index (χ2n) is 9.29. The van der Waals surface area contributed by atoms with Crippen molar-refractivity contribution in [2.24, 2.45) is 11.3 Å². The Kier molecular flexibility index (Phi) is 7.33. The lowest BCUT2D eigenvalue weighted by Crippen LogP contribution is -2.36. The van der Waals surface area contributed by atoms with Gasteiger partial charge in [-0.15, -0.1) is 11.3 Å². The minimum absolute atomic E-state index is 0.121. The Morgan fingerprint density at radius 1 is 1.31 bits per heavy atom. The summed E-state index contributed by atoms with van der Waals surface area (Å²) in [5.74, 6) is 0.222. The van der Waals surface area contributed by atoms with Crippen LogP contribution in [0.2, 0.25) is 5.02 Å². The summed E-state index contributed by atoms with van der Waals surface area (Å²) >= 11 is 9.99. The van der Waals surface area contributed by atoms with Crippen molar-refractivity contribution in [2.45, 2.75) is 33.1 Å². The van der Waals surface area contributed by atoms with Crippen LogP contribution in [0.3, 0.4) is 0 Å². The standard InChI is InChI=1S/C23H28ClIN4O2S/c1-23(2)10-15-18(20(30)27-11-13-5-7-26-8-6-13)22(32-19(15)21(31)28-12-23)29-17-4-3-14(25)9-16(17)24/h3-4,9,13,26,29H,5-8,10-12H2,1-2H3,(H,27,30)(H,28,31). The maximum absolute atomic E-state index is 13.5. The Balaban J connectivity index is 1.69. The van der Waals surface area contributed by atoms with Gasteiger partial charge in [-0.05, 0) is 90.0 Å². The predicted octanol–water partition coefficient (Wildman–Crippen LogP) is 4.79. The minimum atomic E-state index is -0.149. The summed E-state index contributed by atoms with van der Waals surface area (Å²) in [6, 6.07) is 5.73. The molecule has 0 saturated carbocycles. The van der Waals surface area contributed by atoms with Crippen LogP contribution >= 0.6 is 45.5 Å². The second kappa shape index (κ2) is 9.87. The molecule has 2 amide bonds. The van der Waals surface area contributed by atoms with Crippen LogP contribution in [0.25, 0.3) is 0 Å². The van der Waals surface area contributed by atoms with Gasteiger partial charge < -0.3 is 21.3 Å². The van der Waals surface area contributed by atoms with Gasteiger partial charge >= 0.3 is 0 Å². The molecule has 2 aliphatic heterocycles. The first-order valence-corrected chi connectivity index (χ1v) is 13.2. The molecule has 9 heteroatoms. The van der Waals surface area contributed by atoms with Crippen LogP contribution in [0.1, 0.15) is 52.3 Å². The van der Waals surface area contributed by atoms with Crippen molar-refractivity contribution in [3.05, 3.63) is 42.8 Å². The Morgan fingerprint density at radius 3 is 2.78 bits per heavy atom. The van der Waals surface area contributed by atoms with E-state index in [0.29, 0.717) is 45.9 Å². The molecule has 172 valence electrons. The van der Waals surface area contributed by atoms with Crippen molar-refractivity contribution in [3.63, 3.8) is 0 Å². The number of halogens is 2. The molecule has 0 aliphatic carbocycles. The summed E-state index contributed by atoms with van der Waals surface area (Å²) in [6.45, 7) is 7.42. The average Bonchev–Trinajstić information content (AvgIpc) is 3.05. The molecule has 0 unspecified atom stereocenters. The van der Waals surface area contributed by atoms with Crippen molar-refractivity contribution >= 4 is 68.0 Å². The molecule has 1 aromatic carbocycles. The maximum Gasteiger partial charge on any atom is 0.261 e. The lowest BCUT2D eigenvalue weighted by molar-refractivity contribution is 0.0940. The third kappa shape index (κ3) is 5.40. The molecule has 1 fully saturated rings. The Bertz CT molecular complexity index is 1030. The van der Waals surface area contributed by atoms with E-state index in [9.17, 15) is 9.59 Å². The third-order valence-electron chi connectivity index (χ3n) is 6.01. The number of benzene rings is 1. The van der Waals surface area contributed by atoms with E-state index in [1.165, 1.54) is 11.3 Å². The van der Waals surface area contributed by atoms with Gasteiger partial charge in [-0.1, -0.05) is 25.4 Å². The van der Waals surface area contributed by atoms with Crippen molar-refractivity contribution in [1.29, 1.82) is 0 Å². The van der Waals surface area contributed by atoms with Gasteiger partial charge in [0, 0.05) is 16.7 Å². The number of rotatable bonds is 5. The molecule has 4 N–H and O–H groups in total. The monoisotopic (exact) mass is 586 g/mol. The van der Waals surface area contributed by atoms with Crippen molar-refractivity contribution in [1.82, 2.24) is 16.0 Å². The van der Waals surface area contributed by atoms with Crippen LogP contribution in [-0.4, -0.2) is 38.0 Å². The second-order valence-corrected chi connectivity index (χ2v) is 12.0. The number of amides is 2. The number of thiophene rings is 1. The van der Waals surface area contributed by atoms with Gasteiger partial charge in [0.1, 0.15) is 5.00 Å². The molecule has 0 atom stereocenters. The minimum Gasteiger partial charge on any atom is -0.352 e. The van der Waals surface area contributed by atoms with Crippen molar-refractivity contribution in [2.75, 3.05) is 31.5 Å². The van der Waals surface area contributed by atoms with E-state index in [1.54, 1.807) is 0 Å². The third-order valence-corrected chi connectivity index (χ3v) is 8.14. The van der Waals surface area contributed by atoms with Crippen LogP contribution < -0.4 is 21.3 Å². The van der Waals surface area contributed by atoms with E-state index < -0.39 is 0 Å². The molecule has 1 saturated heterocycles. The molecule has 0 spiro atoms. The van der Waals surface area contributed by atoms with E-state index in [-0.39, 0.29) is 17.2 Å². The summed E-state index contributed by atoms with van der Waals surface area (Å²) < 4.78 is 1.03. The van der Waals surface area contributed by atoms with Crippen molar-refractivity contribution < 1.29 is 9.59 Å². The van der Waals surface area contributed by atoms with E-state index in [4.69, 9.17) is 11.6 Å². The highest BCUT2D eigenvalue weighted by atomic mass is 127. The van der Waals surface area contributed by atoms with Gasteiger partial charge in [0.05, 0.1) is 21.2 Å². The lowest BCUT2D eigenvalue weighted by Gasteiger charge is -2.24. The summed E-state index contributed by atoms with van der Waals surface area (Å²) in [7, 11) is 0. The molecular formula is C23H28ClIN4O2S. The van der Waals surface area contributed by atoms with Crippen LogP contribution in [0.15, 0.2) is 18.2 Å². The number of carbonyl (C=O) groups is 2. The molecule has 4 rings (SSSR count). The lowest BCUT2D eigenvalue weighted by atomic mass is 9.85. The fourth-order valence-electron chi connectivity index (χ4n) is 4.21. The topological polar surface area (TPSA) is 82.3 Å². The highest BCUT2D eigenvalue weighted by Gasteiger charge is 2.34. The first-order chi connectivity index (χ1) is 15.2. The van der Waals surface area contributed by atoms with Crippen LogP contribution in [0.4, 0.5) is 10.7 Å². The fraction of sp³-hybridized carbons (Fsp3) is 0.478. The van der Waals surface area contributed by atoms with Crippen LogP contribution in [-0.2, 0) is 6.42 Å². The van der Waals surface area contributed by atoms with E-state index in [0.717, 1.165) is 40.8 Å². The summed E-state index contributed by atoms with van der Waals surface area (Å²) in [4.78, 5) is 26.9. The van der Waals surface area contributed by atoms with Gasteiger partial charge in [0.15, 0.2) is 0 Å². The number of anilines is 2. The zero-order valence-corrected chi connectivity index (χ0v) is 22.0. The van der Waals surface area contributed by atoms with Crippen LogP contribution in [0, 0.1) is 14.9 Å². The molecule has 2 aliphatic rings. The fourth-order valence-corrected chi connectivity index (χ4v) is 6.26. The summed E-state index contributed by atoms with van der Waals surface area (Å²) in [5, 5.41) is 14.1. The summed E-state index contributed by atoms with van der Waals surface area (Å²) in [6.07, 6.45) is 2.76. The number of piperidine rings is 1. The Labute approximate surface area is 211 Å². The number of hydrogen-bond acceptors (Lipinski definition) is 5. The largest absolute Gasteiger partial charge is 0.352 e. The average molecular weight is 587 g/mol. The molecule has 2 aromatic rings. The number of carbonyl (C=O) groups excluding carboxylic acids is 2. The molecule has 32 heavy (non-hydrogen) atoms. The number of hydrogen-bond donors (Lipinski definition) is 4. The van der Waals surface area contributed by atoms with E-state index >= 15 is 0 Å². The molecule has 3 heterocycles. The zero-order chi connectivity index (χ0) is 22.9. The number of nitrogens with one attached hydrogen (secondary N) is 4. The highest BCUT2D eigenvalue weighted by molar-refractivity contribution is 14.1. The van der Waals surface area contributed by atoms with Gasteiger partial charge in [-0.2, -0.15) is 0 Å². The maximum atomic E-state index is 13.5. The van der Waals surface area contributed by atoms with Gasteiger partial charge in [-0.25, -0.2) is 0 Å². The van der Waals surface area contributed by atoms with Gasteiger partial charge in [0.2, 0.25) is 0 Å². The molecular weight excluding hydrogens is 559 g/mol. The molecule has 0 bridgehead atoms. The molecule has 0 radical (unpaired) electrons. The van der Waals surface area contributed by atoms with Crippen LogP contribution in [0.5, 0.6) is 0 Å². The highest BCUT2D eigenvalue weighted by Crippen LogP contribution is 2.41. The summed E-state index contributed by atoms with van der Waals surface area (Å²) in [5.41, 5.74) is 1.96. The predicted molar refractivity (Wildman–Crippen MR) is 140 cm³/mol. The Morgan fingerprint density at radius 2 is 2.06 bits per heavy atom. The number of fused-ring (bicyclic) bond motifs is 1. The zero-order valence-electron chi connectivity index (χ0n) is 18.2. The first-order valence-electron chi connectivity index (χ1n) is 10.9. The Hall–Kier alpha value is -1.36. The smallest absolute Gasteiger partial charge is 0.261 e. The van der Waals surface area contributed by atoms with Gasteiger partial charge in [-0.3, -0.25) is 9.59 Å². The molecule has 6 nitrogen and oxygen atoms in total. The van der Waals surface area contributed by atoms with Crippen molar-refractivity contribution in [3.8, 4) is 0 Å². The molecule has 1 aromatic heterocycles. The normalized spacial score (nSPS) is 18.4. The van der Waals surface area contributed by atoms with E-state index in [2.05, 4.69) is 57.7 Å². The van der Waals surface area contributed by atoms with Gasteiger partial charge in [0.25, 0.3) is 11.8 Å². The van der Waals surface area contributed by atoms with E-state index in [1.807, 2.05) is 18.2 Å².